The van der Waals surface area contributed by atoms with Gasteiger partial charge in [0.25, 0.3) is 10.0 Å². The summed E-state index contributed by atoms with van der Waals surface area (Å²) in [6, 6.07) is 12.5. The smallest absolute Gasteiger partial charge is 0.261 e. The van der Waals surface area contributed by atoms with Gasteiger partial charge in [0.2, 0.25) is 0 Å². The quantitative estimate of drug-likeness (QED) is 0.847. The van der Waals surface area contributed by atoms with Crippen molar-refractivity contribution in [3.8, 4) is 0 Å². The van der Waals surface area contributed by atoms with Gasteiger partial charge in [-0.25, -0.2) is 8.42 Å². The zero-order valence-corrected chi connectivity index (χ0v) is 12.6. The van der Waals surface area contributed by atoms with Gasteiger partial charge in [-0.2, -0.15) is 0 Å². The predicted molar refractivity (Wildman–Crippen MR) is 84.6 cm³/mol. The molecule has 0 radical (unpaired) electrons. The maximum absolute atomic E-state index is 12.2. The van der Waals surface area contributed by atoms with Crippen molar-refractivity contribution in [1.29, 1.82) is 0 Å². The molecule has 20 heavy (non-hydrogen) atoms. The fourth-order valence-corrected chi connectivity index (χ4v) is 2.94. The summed E-state index contributed by atoms with van der Waals surface area (Å²) < 4.78 is 26.8. The summed E-state index contributed by atoms with van der Waals surface area (Å²) in [6.45, 7) is 0. The minimum absolute atomic E-state index is 0.123. The second-order valence-corrected chi connectivity index (χ2v) is 6.56. The number of anilines is 1. The third kappa shape index (κ3) is 3.47. The first-order valence-corrected chi connectivity index (χ1v) is 7.84. The Kier molecular flexibility index (Phi) is 4.27. The Morgan fingerprint density at radius 2 is 1.80 bits per heavy atom. The molecule has 7 heteroatoms. The van der Waals surface area contributed by atoms with Crippen molar-refractivity contribution in [3.05, 3.63) is 59.1 Å². The Labute approximate surface area is 127 Å². The lowest BCUT2D eigenvalue weighted by molar-refractivity contribution is 0.601. The second kappa shape index (κ2) is 5.78. The SMILES string of the molecule is NC(=S)c1ccc(S(=O)(=O)Nc2cccc(Cl)c2)cc1. The predicted octanol–water partition coefficient (Wildman–Crippen LogP) is 2.78. The molecule has 0 aromatic heterocycles. The molecule has 4 nitrogen and oxygen atoms in total. The highest BCUT2D eigenvalue weighted by atomic mass is 35.5. The van der Waals surface area contributed by atoms with Gasteiger partial charge in [0.15, 0.2) is 0 Å². The molecule has 0 aliphatic heterocycles. The summed E-state index contributed by atoms with van der Waals surface area (Å²) in [5.41, 5.74) is 6.48. The first-order chi connectivity index (χ1) is 9.38. The van der Waals surface area contributed by atoms with Crippen molar-refractivity contribution in [3.63, 3.8) is 0 Å². The molecular weight excluding hydrogens is 316 g/mol. The van der Waals surface area contributed by atoms with E-state index in [4.69, 9.17) is 29.6 Å². The Bertz CT molecular complexity index is 743. The number of halogens is 1. The molecule has 2 aromatic carbocycles. The number of hydrogen-bond acceptors (Lipinski definition) is 3. The number of nitrogens with two attached hydrogens (primary N) is 1. The maximum atomic E-state index is 12.2. The van der Waals surface area contributed by atoms with Crippen LogP contribution in [0.2, 0.25) is 5.02 Å². The molecule has 0 atom stereocenters. The van der Waals surface area contributed by atoms with Crippen LogP contribution in [0.25, 0.3) is 0 Å². The van der Waals surface area contributed by atoms with Gasteiger partial charge in [-0.15, -0.1) is 0 Å². The average molecular weight is 327 g/mol. The molecule has 0 amide bonds. The van der Waals surface area contributed by atoms with E-state index in [1.165, 1.54) is 18.2 Å². The zero-order chi connectivity index (χ0) is 14.8. The van der Waals surface area contributed by atoms with Crippen LogP contribution in [-0.2, 0) is 10.0 Å². The largest absolute Gasteiger partial charge is 0.389 e. The molecule has 0 aliphatic rings. The van der Waals surface area contributed by atoms with Crippen molar-refractivity contribution < 1.29 is 8.42 Å². The molecule has 0 unspecified atom stereocenters. The lowest BCUT2D eigenvalue weighted by atomic mass is 10.2. The van der Waals surface area contributed by atoms with Gasteiger partial charge in [-0.05, 0) is 30.3 Å². The van der Waals surface area contributed by atoms with Gasteiger partial charge in [-0.1, -0.05) is 42.0 Å². The standard InChI is InChI=1S/C13H11ClN2O2S2/c14-10-2-1-3-11(8-10)16-20(17,18)12-6-4-9(5-7-12)13(15)19/h1-8,16H,(H2,15,19). The van der Waals surface area contributed by atoms with Crippen LogP contribution in [0.1, 0.15) is 5.56 Å². The Morgan fingerprint density at radius 1 is 1.15 bits per heavy atom. The minimum atomic E-state index is -3.67. The van der Waals surface area contributed by atoms with Crippen molar-refractivity contribution in [1.82, 2.24) is 0 Å². The zero-order valence-electron chi connectivity index (χ0n) is 10.2. The minimum Gasteiger partial charge on any atom is -0.389 e. The van der Waals surface area contributed by atoms with E-state index in [-0.39, 0.29) is 9.88 Å². The number of nitrogens with one attached hydrogen (secondary N) is 1. The van der Waals surface area contributed by atoms with E-state index in [9.17, 15) is 8.42 Å². The summed E-state index contributed by atoms with van der Waals surface area (Å²) in [7, 11) is -3.67. The molecule has 0 heterocycles. The van der Waals surface area contributed by atoms with E-state index in [1.807, 2.05) is 0 Å². The van der Waals surface area contributed by atoms with Crippen molar-refractivity contribution in [2.24, 2.45) is 5.73 Å². The van der Waals surface area contributed by atoms with Gasteiger partial charge in [0.05, 0.1) is 10.6 Å². The van der Waals surface area contributed by atoms with E-state index in [0.717, 1.165) is 0 Å². The van der Waals surface area contributed by atoms with E-state index in [2.05, 4.69) is 4.72 Å². The Balaban J connectivity index is 2.28. The van der Waals surface area contributed by atoms with Crippen LogP contribution in [0, 0.1) is 0 Å². The van der Waals surface area contributed by atoms with Crippen molar-refractivity contribution in [2.75, 3.05) is 4.72 Å². The van der Waals surface area contributed by atoms with Crippen molar-refractivity contribution >= 4 is 44.5 Å². The van der Waals surface area contributed by atoms with Crippen LogP contribution in [0.4, 0.5) is 5.69 Å². The molecule has 0 saturated carbocycles. The lowest BCUT2D eigenvalue weighted by Crippen LogP contribution is -2.14. The van der Waals surface area contributed by atoms with Gasteiger partial charge in [-0.3, -0.25) is 4.72 Å². The Morgan fingerprint density at radius 3 is 2.35 bits per heavy atom. The molecule has 0 fully saturated rings. The summed E-state index contributed by atoms with van der Waals surface area (Å²) in [6.07, 6.45) is 0. The van der Waals surface area contributed by atoms with E-state index < -0.39 is 10.0 Å². The second-order valence-electron chi connectivity index (χ2n) is 4.00. The van der Waals surface area contributed by atoms with Crippen LogP contribution in [0.5, 0.6) is 0 Å². The molecule has 0 bridgehead atoms. The molecule has 2 rings (SSSR count). The molecular formula is C13H11ClN2O2S2. The number of hydrogen-bond donors (Lipinski definition) is 2. The van der Waals surface area contributed by atoms with E-state index >= 15 is 0 Å². The highest BCUT2D eigenvalue weighted by Gasteiger charge is 2.14. The molecule has 2 aromatic rings. The van der Waals surface area contributed by atoms with Gasteiger partial charge in [0, 0.05) is 10.6 Å². The summed E-state index contributed by atoms with van der Waals surface area (Å²) in [4.78, 5) is 0.342. The number of sulfonamides is 1. The number of rotatable bonds is 4. The fraction of sp³-hybridized carbons (Fsp3) is 0. The van der Waals surface area contributed by atoms with Gasteiger partial charge >= 0.3 is 0 Å². The third-order valence-corrected chi connectivity index (χ3v) is 4.39. The maximum Gasteiger partial charge on any atom is 0.261 e. The third-order valence-electron chi connectivity index (χ3n) is 2.53. The highest BCUT2D eigenvalue weighted by molar-refractivity contribution is 7.92. The monoisotopic (exact) mass is 326 g/mol. The highest BCUT2D eigenvalue weighted by Crippen LogP contribution is 2.19. The van der Waals surface area contributed by atoms with E-state index in [1.54, 1.807) is 30.3 Å². The number of benzene rings is 2. The molecule has 0 aliphatic carbocycles. The topological polar surface area (TPSA) is 72.2 Å². The summed E-state index contributed by atoms with van der Waals surface area (Å²) >= 11 is 10.6. The molecule has 3 N–H and O–H groups in total. The van der Waals surface area contributed by atoms with Crippen LogP contribution in [-0.4, -0.2) is 13.4 Å². The fourth-order valence-electron chi connectivity index (χ4n) is 1.56. The molecule has 0 saturated heterocycles. The molecule has 0 spiro atoms. The first kappa shape index (κ1) is 14.8. The summed E-state index contributed by atoms with van der Waals surface area (Å²) in [5, 5.41) is 0.453. The van der Waals surface area contributed by atoms with Gasteiger partial charge in [0.1, 0.15) is 4.99 Å². The summed E-state index contributed by atoms with van der Waals surface area (Å²) in [5.74, 6) is 0. The van der Waals surface area contributed by atoms with Gasteiger partial charge < -0.3 is 5.73 Å². The average Bonchev–Trinajstić information content (AvgIpc) is 2.38. The van der Waals surface area contributed by atoms with Crippen LogP contribution >= 0.6 is 23.8 Å². The Hall–Kier alpha value is -1.63. The first-order valence-electron chi connectivity index (χ1n) is 5.57. The van der Waals surface area contributed by atoms with E-state index in [0.29, 0.717) is 16.3 Å². The lowest BCUT2D eigenvalue weighted by Gasteiger charge is -2.08. The van der Waals surface area contributed by atoms with Crippen LogP contribution in [0.15, 0.2) is 53.4 Å². The molecule has 104 valence electrons. The van der Waals surface area contributed by atoms with Crippen molar-refractivity contribution in [2.45, 2.75) is 4.90 Å². The van der Waals surface area contributed by atoms with Crippen LogP contribution in [0.3, 0.4) is 0 Å². The normalized spacial score (nSPS) is 11.1. The number of thiocarbonyl (C=S) groups is 1. The van der Waals surface area contributed by atoms with Crippen LogP contribution < -0.4 is 10.5 Å².